The van der Waals surface area contributed by atoms with Gasteiger partial charge in [0.2, 0.25) is 12.1 Å². The quantitative estimate of drug-likeness (QED) is 0.302. The fourth-order valence-corrected chi connectivity index (χ4v) is 6.56. The molecule has 1 fully saturated rings. The summed E-state index contributed by atoms with van der Waals surface area (Å²) in [5, 5.41) is 3.81. The van der Waals surface area contributed by atoms with Crippen molar-refractivity contribution in [2.24, 2.45) is 0 Å². The molecule has 2 aromatic heterocycles. The number of piperazine rings is 1. The molecule has 43 heavy (non-hydrogen) atoms. The lowest BCUT2D eigenvalue weighted by molar-refractivity contribution is -0.892. The number of hydrogen-bond acceptors (Lipinski definition) is 6. The SMILES string of the molecule is CO[n+]1cc(Br)cc2c1[C@H](N1CCN(C(=O)OC(C)(C)C)C[C@@H]1C(=O)NCCCn1ccnc1)c1ccc(Cl)cc1CC2. The summed E-state index contributed by atoms with van der Waals surface area (Å²) in [5.74, 6) is -0.138. The number of rotatable bonds is 7. The van der Waals surface area contributed by atoms with Crippen molar-refractivity contribution in [2.75, 3.05) is 33.3 Å². The molecule has 2 aliphatic rings. The van der Waals surface area contributed by atoms with E-state index in [1.54, 1.807) is 29.3 Å². The van der Waals surface area contributed by atoms with Gasteiger partial charge in [-0.1, -0.05) is 17.7 Å². The van der Waals surface area contributed by atoms with Gasteiger partial charge in [-0.2, -0.15) is 0 Å². The molecule has 1 N–H and O–H groups in total. The zero-order chi connectivity index (χ0) is 30.7. The molecule has 0 radical (unpaired) electrons. The van der Waals surface area contributed by atoms with E-state index in [0.29, 0.717) is 24.7 Å². The summed E-state index contributed by atoms with van der Waals surface area (Å²) in [6.07, 6.45) is 9.21. The average Bonchev–Trinajstić information content (AvgIpc) is 3.43. The van der Waals surface area contributed by atoms with E-state index in [1.165, 1.54) is 0 Å². The van der Waals surface area contributed by atoms with Gasteiger partial charge in [-0.25, -0.2) is 9.78 Å². The lowest BCUT2D eigenvalue weighted by atomic mass is 9.94. The van der Waals surface area contributed by atoms with Crippen molar-refractivity contribution < 1.29 is 23.9 Å². The number of carbonyl (C=O) groups excluding carboxylic acids is 2. The highest BCUT2D eigenvalue weighted by Crippen LogP contribution is 2.39. The van der Waals surface area contributed by atoms with Crippen LogP contribution in [0.25, 0.3) is 0 Å². The van der Waals surface area contributed by atoms with Crippen LogP contribution in [0.15, 0.2) is 53.7 Å². The summed E-state index contributed by atoms with van der Waals surface area (Å²) < 4.78 is 10.4. The Labute approximate surface area is 266 Å². The fraction of sp³-hybridized carbons (Fsp3) is 0.484. The van der Waals surface area contributed by atoms with Gasteiger partial charge in [0.15, 0.2) is 0 Å². The monoisotopic (exact) mass is 673 g/mol. The second-order valence-electron chi connectivity index (χ2n) is 11.9. The van der Waals surface area contributed by atoms with Crippen molar-refractivity contribution in [1.82, 2.24) is 24.7 Å². The molecule has 1 aliphatic heterocycles. The van der Waals surface area contributed by atoms with Gasteiger partial charge in [0.05, 0.1) is 10.8 Å². The van der Waals surface area contributed by atoms with Crippen LogP contribution in [0, 0.1) is 0 Å². The molecule has 3 heterocycles. The van der Waals surface area contributed by atoms with Crippen molar-refractivity contribution in [3.63, 3.8) is 0 Å². The van der Waals surface area contributed by atoms with E-state index >= 15 is 0 Å². The van der Waals surface area contributed by atoms with Gasteiger partial charge >= 0.3 is 6.09 Å². The molecule has 1 aliphatic carbocycles. The maximum atomic E-state index is 14.0. The molecule has 0 unspecified atom stereocenters. The van der Waals surface area contributed by atoms with E-state index in [1.807, 2.05) is 49.9 Å². The zero-order valence-electron chi connectivity index (χ0n) is 25.1. The van der Waals surface area contributed by atoms with E-state index in [9.17, 15) is 9.59 Å². The topological polar surface area (TPSA) is 92.8 Å². The Morgan fingerprint density at radius 3 is 2.70 bits per heavy atom. The molecule has 2 amide bonds. The highest BCUT2D eigenvalue weighted by Gasteiger charge is 2.45. The van der Waals surface area contributed by atoms with E-state index < -0.39 is 17.7 Å². The van der Waals surface area contributed by atoms with Gasteiger partial charge in [-0.3, -0.25) is 14.5 Å². The van der Waals surface area contributed by atoms with Gasteiger partial charge < -0.3 is 19.5 Å². The molecular weight excluding hydrogens is 636 g/mol. The van der Waals surface area contributed by atoms with Gasteiger partial charge in [0.1, 0.15) is 24.8 Å². The summed E-state index contributed by atoms with van der Waals surface area (Å²) in [6.45, 7) is 7.83. The minimum absolute atomic E-state index is 0.138. The van der Waals surface area contributed by atoms with Crippen molar-refractivity contribution >= 4 is 39.5 Å². The number of fused-ring (bicyclic) bond motifs is 2. The number of nitrogens with one attached hydrogen (secondary N) is 1. The number of ether oxygens (including phenoxy) is 1. The second-order valence-corrected chi connectivity index (χ2v) is 13.3. The van der Waals surface area contributed by atoms with Gasteiger partial charge in [-0.15, -0.1) is 0 Å². The summed E-state index contributed by atoms with van der Waals surface area (Å²) in [4.78, 5) is 41.0. The molecule has 10 nitrogen and oxygen atoms in total. The summed E-state index contributed by atoms with van der Waals surface area (Å²) >= 11 is 10.1. The highest BCUT2D eigenvalue weighted by atomic mass is 79.9. The number of nitrogens with zero attached hydrogens (tertiary/aromatic N) is 5. The van der Waals surface area contributed by atoms with Crippen LogP contribution < -0.4 is 14.9 Å². The first-order chi connectivity index (χ1) is 20.5. The third-order valence-corrected chi connectivity index (χ3v) is 8.47. The third-order valence-electron chi connectivity index (χ3n) is 7.80. The van der Waals surface area contributed by atoms with Gasteiger partial charge in [-0.05, 0) is 85.3 Å². The minimum Gasteiger partial charge on any atom is -0.444 e. The van der Waals surface area contributed by atoms with E-state index in [0.717, 1.165) is 52.7 Å². The third kappa shape index (κ3) is 7.33. The Morgan fingerprint density at radius 1 is 1.19 bits per heavy atom. The molecule has 3 aromatic rings. The van der Waals surface area contributed by atoms with Crippen LogP contribution in [0.3, 0.4) is 0 Å². The van der Waals surface area contributed by atoms with Crippen LogP contribution in [0.4, 0.5) is 4.79 Å². The first kappa shape index (κ1) is 31.3. The van der Waals surface area contributed by atoms with Crippen LogP contribution in [-0.4, -0.2) is 76.3 Å². The number of aryl methyl sites for hydroxylation is 3. The smallest absolute Gasteiger partial charge is 0.410 e. The van der Waals surface area contributed by atoms with Crippen molar-refractivity contribution in [1.29, 1.82) is 0 Å². The minimum atomic E-state index is -0.644. The lowest BCUT2D eigenvalue weighted by Gasteiger charge is -2.43. The molecule has 0 spiro atoms. The Kier molecular flexibility index (Phi) is 9.63. The van der Waals surface area contributed by atoms with E-state index in [-0.39, 0.29) is 18.5 Å². The van der Waals surface area contributed by atoms with Crippen molar-refractivity contribution in [3.05, 3.63) is 81.1 Å². The number of amides is 2. The largest absolute Gasteiger partial charge is 0.444 e. The predicted octanol–water partition coefficient (Wildman–Crippen LogP) is 3.96. The normalized spacial score (nSPS) is 18.8. The summed E-state index contributed by atoms with van der Waals surface area (Å²) in [5.41, 5.74) is 3.62. The number of aromatic nitrogens is 3. The summed E-state index contributed by atoms with van der Waals surface area (Å²) in [7, 11) is 1.64. The van der Waals surface area contributed by atoms with Gasteiger partial charge in [0.25, 0.3) is 5.69 Å². The van der Waals surface area contributed by atoms with Crippen LogP contribution in [0.2, 0.25) is 5.02 Å². The zero-order valence-corrected chi connectivity index (χ0v) is 27.4. The molecule has 12 heteroatoms. The molecule has 1 aromatic carbocycles. The Morgan fingerprint density at radius 2 is 1.98 bits per heavy atom. The number of hydrogen-bond donors (Lipinski definition) is 1. The molecule has 0 saturated carbocycles. The fourth-order valence-electron chi connectivity index (χ4n) is 5.90. The van der Waals surface area contributed by atoms with E-state index in [4.69, 9.17) is 21.2 Å². The van der Waals surface area contributed by atoms with Crippen LogP contribution in [0.1, 0.15) is 55.6 Å². The van der Waals surface area contributed by atoms with Crippen LogP contribution in [0.5, 0.6) is 0 Å². The Bertz CT molecular complexity index is 1460. The first-order valence-corrected chi connectivity index (χ1v) is 15.7. The first-order valence-electron chi connectivity index (χ1n) is 14.6. The molecule has 1 saturated heterocycles. The molecular formula is C31H39BrClN6O4+. The number of pyridine rings is 1. The van der Waals surface area contributed by atoms with Gasteiger partial charge in [0, 0.05) is 60.4 Å². The Balaban J connectivity index is 1.51. The van der Waals surface area contributed by atoms with Crippen molar-refractivity contribution in [2.45, 2.75) is 64.3 Å². The van der Waals surface area contributed by atoms with Crippen molar-refractivity contribution in [3.8, 4) is 0 Å². The lowest BCUT2D eigenvalue weighted by Crippen LogP contribution is -2.62. The molecule has 5 rings (SSSR count). The number of imidazole rings is 1. The number of carbonyl (C=O) groups is 2. The standard InChI is InChI=1S/C31H38BrClN6O4/c1-31(2,3)43-30(41)37-14-15-38(26(19-37)29(40)35-10-5-12-36-13-11-34-20-36)28-25-9-8-24(33)17-21(25)6-7-22-16-23(32)18-39(42-4)27(22)28/h8-9,11,13,16-18,20,26,28H,5-7,10,12,14-15,19H2,1-4H3/p+1/t26-,28-/m1/s1. The number of halogens is 2. The average molecular weight is 675 g/mol. The molecule has 230 valence electrons. The predicted molar refractivity (Wildman–Crippen MR) is 166 cm³/mol. The molecule has 0 bridgehead atoms. The van der Waals surface area contributed by atoms with E-state index in [2.05, 4.69) is 43.3 Å². The maximum Gasteiger partial charge on any atom is 0.410 e. The second kappa shape index (κ2) is 13.2. The Hall–Kier alpha value is -3.15. The molecule has 2 atom stereocenters. The number of benzene rings is 1. The maximum absolute atomic E-state index is 14.0. The van der Waals surface area contributed by atoms with Crippen LogP contribution >= 0.6 is 27.5 Å². The summed E-state index contributed by atoms with van der Waals surface area (Å²) in [6, 6.07) is 7.14. The highest BCUT2D eigenvalue weighted by molar-refractivity contribution is 9.10. The van der Waals surface area contributed by atoms with Crippen LogP contribution in [-0.2, 0) is 28.9 Å².